The average molecular weight is 348 g/mol. The largest absolute Gasteiger partial charge is 0.369 e. The van der Waals surface area contributed by atoms with E-state index < -0.39 is 0 Å². The number of rotatable bonds is 4. The standard InChI is InChI=1S/C16H18ClN5O2/c17-11-6-13(19-7-11)16(24)21-12-3-4-14(20-8-12)22-5-1-2-10(9-22)15(18)23/h3-4,6-8,10,19H,1-2,5,9H2,(H2,18,23)(H,21,24)/t10-/m0/s1. The van der Waals surface area contributed by atoms with Crippen molar-refractivity contribution in [1.29, 1.82) is 0 Å². The van der Waals surface area contributed by atoms with Crippen molar-refractivity contribution >= 4 is 34.9 Å². The van der Waals surface area contributed by atoms with Crippen LogP contribution in [0.4, 0.5) is 11.5 Å². The van der Waals surface area contributed by atoms with Gasteiger partial charge in [-0.2, -0.15) is 0 Å². The number of primary amides is 1. The summed E-state index contributed by atoms with van der Waals surface area (Å²) in [6, 6.07) is 5.15. The molecule has 2 amide bonds. The van der Waals surface area contributed by atoms with Crippen LogP contribution >= 0.6 is 11.6 Å². The van der Waals surface area contributed by atoms with E-state index >= 15 is 0 Å². The lowest BCUT2D eigenvalue weighted by Gasteiger charge is -2.32. The molecule has 0 radical (unpaired) electrons. The van der Waals surface area contributed by atoms with E-state index in [4.69, 9.17) is 17.3 Å². The first-order valence-corrected chi connectivity index (χ1v) is 8.06. The summed E-state index contributed by atoms with van der Waals surface area (Å²) in [5.41, 5.74) is 6.36. The molecule has 7 nitrogen and oxygen atoms in total. The van der Waals surface area contributed by atoms with Gasteiger partial charge in [-0.3, -0.25) is 9.59 Å². The summed E-state index contributed by atoms with van der Waals surface area (Å²) < 4.78 is 0. The Morgan fingerprint density at radius 1 is 1.42 bits per heavy atom. The summed E-state index contributed by atoms with van der Waals surface area (Å²) in [5.74, 6) is 0.0656. The van der Waals surface area contributed by atoms with E-state index in [-0.39, 0.29) is 17.7 Å². The molecule has 1 atom stereocenters. The number of anilines is 2. The lowest BCUT2D eigenvalue weighted by atomic mass is 9.97. The van der Waals surface area contributed by atoms with Gasteiger partial charge in [0.25, 0.3) is 5.91 Å². The minimum Gasteiger partial charge on any atom is -0.369 e. The molecule has 126 valence electrons. The zero-order valence-corrected chi connectivity index (χ0v) is 13.7. The minimum absolute atomic E-state index is 0.141. The number of nitrogens with zero attached hydrogens (tertiary/aromatic N) is 2. The number of hydrogen-bond donors (Lipinski definition) is 3. The van der Waals surface area contributed by atoms with Gasteiger partial charge in [-0.25, -0.2) is 4.98 Å². The second-order valence-corrected chi connectivity index (χ2v) is 6.21. The second kappa shape index (κ2) is 6.92. The first-order chi connectivity index (χ1) is 11.5. The van der Waals surface area contributed by atoms with Crippen molar-refractivity contribution in [2.75, 3.05) is 23.3 Å². The van der Waals surface area contributed by atoms with Crippen LogP contribution in [0, 0.1) is 5.92 Å². The van der Waals surface area contributed by atoms with Crippen LogP contribution in [0.25, 0.3) is 0 Å². The molecule has 1 aliphatic heterocycles. The Kier molecular flexibility index (Phi) is 4.71. The van der Waals surface area contributed by atoms with Gasteiger partial charge in [0.15, 0.2) is 0 Å². The normalized spacial score (nSPS) is 17.5. The predicted octanol–water partition coefficient (Wildman–Crippen LogP) is 2.02. The smallest absolute Gasteiger partial charge is 0.272 e. The number of nitrogens with one attached hydrogen (secondary N) is 2. The van der Waals surface area contributed by atoms with Crippen LogP contribution in [0.3, 0.4) is 0 Å². The lowest BCUT2D eigenvalue weighted by molar-refractivity contribution is -0.122. The van der Waals surface area contributed by atoms with Crippen molar-refractivity contribution in [1.82, 2.24) is 9.97 Å². The van der Waals surface area contributed by atoms with Crippen molar-refractivity contribution < 1.29 is 9.59 Å². The highest BCUT2D eigenvalue weighted by molar-refractivity contribution is 6.31. The molecule has 0 spiro atoms. The summed E-state index contributed by atoms with van der Waals surface area (Å²) >= 11 is 5.79. The van der Waals surface area contributed by atoms with Gasteiger partial charge in [-0.1, -0.05) is 11.6 Å². The van der Waals surface area contributed by atoms with Gasteiger partial charge < -0.3 is 20.9 Å². The van der Waals surface area contributed by atoms with E-state index in [1.165, 1.54) is 0 Å². The molecule has 3 heterocycles. The SMILES string of the molecule is NC(=O)[C@H]1CCCN(c2ccc(NC(=O)c3cc(Cl)c[nH]3)cn2)C1. The average Bonchev–Trinajstić information content (AvgIpc) is 3.02. The van der Waals surface area contributed by atoms with Crippen LogP contribution in [-0.2, 0) is 4.79 Å². The molecule has 1 aliphatic rings. The molecule has 4 N–H and O–H groups in total. The number of amides is 2. The van der Waals surface area contributed by atoms with E-state index in [1.54, 1.807) is 24.5 Å². The fourth-order valence-corrected chi connectivity index (χ4v) is 2.93. The fraction of sp³-hybridized carbons (Fsp3) is 0.312. The van der Waals surface area contributed by atoms with Gasteiger partial charge in [0.05, 0.1) is 22.8 Å². The number of piperidine rings is 1. The quantitative estimate of drug-likeness (QED) is 0.786. The lowest BCUT2D eigenvalue weighted by Crippen LogP contribution is -2.41. The zero-order valence-electron chi connectivity index (χ0n) is 13.0. The third kappa shape index (κ3) is 3.68. The maximum Gasteiger partial charge on any atom is 0.272 e. The van der Waals surface area contributed by atoms with Gasteiger partial charge in [0.1, 0.15) is 11.5 Å². The van der Waals surface area contributed by atoms with Crippen molar-refractivity contribution in [2.24, 2.45) is 11.7 Å². The summed E-state index contributed by atoms with van der Waals surface area (Å²) in [4.78, 5) is 32.6. The third-order valence-electron chi connectivity index (χ3n) is 4.05. The summed E-state index contributed by atoms with van der Waals surface area (Å²) in [6.45, 7) is 1.42. The highest BCUT2D eigenvalue weighted by atomic mass is 35.5. The molecule has 2 aromatic heterocycles. The summed E-state index contributed by atoms with van der Waals surface area (Å²) in [5, 5.41) is 3.22. The van der Waals surface area contributed by atoms with Gasteiger partial charge >= 0.3 is 0 Å². The molecular weight excluding hydrogens is 330 g/mol. The van der Waals surface area contributed by atoms with E-state index in [0.29, 0.717) is 22.9 Å². The maximum absolute atomic E-state index is 12.0. The molecule has 0 saturated carbocycles. The Morgan fingerprint density at radius 3 is 2.88 bits per heavy atom. The number of hydrogen-bond acceptors (Lipinski definition) is 4. The molecule has 0 bridgehead atoms. The van der Waals surface area contributed by atoms with E-state index in [0.717, 1.165) is 25.2 Å². The van der Waals surface area contributed by atoms with Crippen LogP contribution in [0.5, 0.6) is 0 Å². The molecule has 3 rings (SSSR count). The molecule has 2 aromatic rings. The Morgan fingerprint density at radius 2 is 2.25 bits per heavy atom. The zero-order chi connectivity index (χ0) is 17.1. The summed E-state index contributed by atoms with van der Waals surface area (Å²) in [7, 11) is 0. The number of nitrogens with two attached hydrogens (primary N) is 1. The second-order valence-electron chi connectivity index (χ2n) is 5.78. The highest BCUT2D eigenvalue weighted by Crippen LogP contribution is 2.22. The number of halogens is 1. The van der Waals surface area contributed by atoms with Crippen LogP contribution in [-0.4, -0.2) is 34.9 Å². The van der Waals surface area contributed by atoms with Crippen LogP contribution < -0.4 is 16.0 Å². The number of H-pyrrole nitrogens is 1. The molecule has 8 heteroatoms. The van der Waals surface area contributed by atoms with Gasteiger partial charge in [-0.05, 0) is 31.0 Å². The molecule has 0 unspecified atom stereocenters. The number of pyridine rings is 1. The predicted molar refractivity (Wildman–Crippen MR) is 92.1 cm³/mol. The molecule has 1 saturated heterocycles. The number of aromatic amines is 1. The minimum atomic E-state index is -0.289. The number of carbonyl (C=O) groups is 2. The van der Waals surface area contributed by atoms with Gasteiger partial charge in [-0.15, -0.1) is 0 Å². The van der Waals surface area contributed by atoms with E-state index in [2.05, 4.69) is 15.3 Å². The molecule has 24 heavy (non-hydrogen) atoms. The highest BCUT2D eigenvalue weighted by Gasteiger charge is 2.24. The number of carbonyl (C=O) groups excluding carboxylic acids is 2. The van der Waals surface area contributed by atoms with E-state index in [1.807, 2.05) is 11.0 Å². The van der Waals surface area contributed by atoms with Crippen LogP contribution in [0.1, 0.15) is 23.3 Å². The maximum atomic E-state index is 12.0. The topological polar surface area (TPSA) is 104 Å². The molecular formula is C16H18ClN5O2. The Balaban J connectivity index is 1.65. The Labute approximate surface area is 144 Å². The molecule has 0 aromatic carbocycles. The number of aromatic nitrogens is 2. The fourth-order valence-electron chi connectivity index (χ4n) is 2.76. The van der Waals surface area contributed by atoms with Gasteiger partial charge in [0, 0.05) is 19.3 Å². The van der Waals surface area contributed by atoms with Gasteiger partial charge in [0.2, 0.25) is 5.91 Å². The van der Waals surface area contributed by atoms with Crippen LogP contribution in [0.15, 0.2) is 30.6 Å². The summed E-state index contributed by atoms with van der Waals surface area (Å²) in [6.07, 6.45) is 4.86. The Hall–Kier alpha value is -2.54. The van der Waals surface area contributed by atoms with Crippen molar-refractivity contribution in [3.8, 4) is 0 Å². The third-order valence-corrected chi connectivity index (χ3v) is 4.26. The Bertz CT molecular complexity index is 743. The van der Waals surface area contributed by atoms with E-state index in [9.17, 15) is 9.59 Å². The molecule has 1 fully saturated rings. The first kappa shape index (κ1) is 16.3. The van der Waals surface area contributed by atoms with Crippen molar-refractivity contribution in [2.45, 2.75) is 12.8 Å². The first-order valence-electron chi connectivity index (χ1n) is 7.68. The monoisotopic (exact) mass is 347 g/mol. The van der Waals surface area contributed by atoms with Crippen molar-refractivity contribution in [3.05, 3.63) is 41.3 Å². The van der Waals surface area contributed by atoms with Crippen LogP contribution in [0.2, 0.25) is 5.02 Å². The molecule has 0 aliphatic carbocycles. The van der Waals surface area contributed by atoms with Crippen molar-refractivity contribution in [3.63, 3.8) is 0 Å².